The van der Waals surface area contributed by atoms with Gasteiger partial charge in [0.1, 0.15) is 5.60 Å². The van der Waals surface area contributed by atoms with E-state index in [0.29, 0.717) is 12.5 Å². The number of carbonyl (C=O) groups is 2. The van der Waals surface area contributed by atoms with Gasteiger partial charge in [0.15, 0.2) is 0 Å². The third kappa shape index (κ3) is 10.2. The standard InChI is InChI=1S/C13H26N2O4/c1-9(2)7-10(8-14-11(16)18-6)15-12(17)19-13(3,4)5/h9-10H,7-8H2,1-6H3,(H,14,16)(H,15,17)/t10-/m0/s1. The van der Waals surface area contributed by atoms with Gasteiger partial charge in [-0.05, 0) is 33.1 Å². The summed E-state index contributed by atoms with van der Waals surface area (Å²) in [7, 11) is 1.30. The maximum atomic E-state index is 11.7. The Morgan fingerprint density at radius 3 is 2.16 bits per heavy atom. The van der Waals surface area contributed by atoms with Crippen LogP contribution in [0.1, 0.15) is 41.0 Å². The van der Waals surface area contributed by atoms with Gasteiger partial charge in [0.2, 0.25) is 0 Å². The third-order valence-electron chi connectivity index (χ3n) is 2.15. The number of hydrogen-bond acceptors (Lipinski definition) is 4. The van der Waals surface area contributed by atoms with Crippen LogP contribution in [0.25, 0.3) is 0 Å². The smallest absolute Gasteiger partial charge is 0.407 e. The van der Waals surface area contributed by atoms with Gasteiger partial charge in [0.25, 0.3) is 0 Å². The molecule has 0 bridgehead atoms. The highest BCUT2D eigenvalue weighted by Crippen LogP contribution is 2.09. The minimum atomic E-state index is -0.539. The highest BCUT2D eigenvalue weighted by atomic mass is 16.6. The monoisotopic (exact) mass is 274 g/mol. The van der Waals surface area contributed by atoms with E-state index in [4.69, 9.17) is 4.74 Å². The van der Waals surface area contributed by atoms with Gasteiger partial charge in [0.05, 0.1) is 7.11 Å². The molecule has 0 heterocycles. The molecule has 0 aromatic rings. The van der Waals surface area contributed by atoms with Crippen LogP contribution in [0.3, 0.4) is 0 Å². The molecule has 0 aromatic heterocycles. The van der Waals surface area contributed by atoms with Crippen molar-refractivity contribution in [2.24, 2.45) is 5.92 Å². The molecule has 0 aliphatic rings. The highest BCUT2D eigenvalue weighted by molar-refractivity contribution is 5.69. The summed E-state index contributed by atoms with van der Waals surface area (Å²) in [5.74, 6) is 0.388. The summed E-state index contributed by atoms with van der Waals surface area (Å²) >= 11 is 0. The molecule has 0 saturated heterocycles. The molecule has 0 spiro atoms. The Hall–Kier alpha value is -1.46. The molecule has 19 heavy (non-hydrogen) atoms. The van der Waals surface area contributed by atoms with Crippen molar-refractivity contribution in [3.63, 3.8) is 0 Å². The van der Waals surface area contributed by atoms with Gasteiger partial charge in [-0.1, -0.05) is 13.8 Å². The van der Waals surface area contributed by atoms with Crippen LogP contribution in [0, 0.1) is 5.92 Å². The van der Waals surface area contributed by atoms with Gasteiger partial charge in [-0.2, -0.15) is 0 Å². The zero-order valence-corrected chi connectivity index (χ0v) is 12.7. The van der Waals surface area contributed by atoms with Crippen molar-refractivity contribution in [2.45, 2.75) is 52.7 Å². The van der Waals surface area contributed by atoms with Crippen LogP contribution in [0.15, 0.2) is 0 Å². The first kappa shape index (κ1) is 17.5. The van der Waals surface area contributed by atoms with Gasteiger partial charge in [-0.15, -0.1) is 0 Å². The van der Waals surface area contributed by atoms with Crippen molar-refractivity contribution >= 4 is 12.2 Å². The lowest BCUT2D eigenvalue weighted by Crippen LogP contribution is -2.46. The lowest BCUT2D eigenvalue weighted by molar-refractivity contribution is 0.0497. The fourth-order valence-corrected chi connectivity index (χ4v) is 1.52. The van der Waals surface area contributed by atoms with Gasteiger partial charge in [-0.3, -0.25) is 0 Å². The van der Waals surface area contributed by atoms with E-state index >= 15 is 0 Å². The van der Waals surface area contributed by atoms with E-state index in [1.165, 1.54) is 7.11 Å². The molecule has 1 atom stereocenters. The molecule has 6 nitrogen and oxygen atoms in total. The number of alkyl carbamates (subject to hydrolysis) is 2. The van der Waals surface area contributed by atoms with Crippen LogP contribution < -0.4 is 10.6 Å². The van der Waals surface area contributed by atoms with Crippen molar-refractivity contribution in [3.8, 4) is 0 Å². The minimum absolute atomic E-state index is 0.186. The van der Waals surface area contributed by atoms with Crippen LogP contribution in [0.5, 0.6) is 0 Å². The van der Waals surface area contributed by atoms with Crippen LogP contribution in [-0.2, 0) is 9.47 Å². The summed E-state index contributed by atoms with van der Waals surface area (Å²) in [6.07, 6.45) is -0.256. The van der Waals surface area contributed by atoms with Crippen molar-refractivity contribution in [1.29, 1.82) is 0 Å². The zero-order chi connectivity index (χ0) is 15.1. The Labute approximate surface area is 115 Å². The molecule has 2 amide bonds. The molecule has 0 aromatic carbocycles. The number of nitrogens with one attached hydrogen (secondary N) is 2. The van der Waals surface area contributed by atoms with E-state index < -0.39 is 17.8 Å². The number of ether oxygens (including phenoxy) is 2. The normalized spacial score (nSPS) is 12.8. The van der Waals surface area contributed by atoms with Crippen molar-refractivity contribution in [2.75, 3.05) is 13.7 Å². The first-order valence-corrected chi connectivity index (χ1v) is 6.45. The Morgan fingerprint density at radius 2 is 1.74 bits per heavy atom. The zero-order valence-electron chi connectivity index (χ0n) is 12.7. The predicted molar refractivity (Wildman–Crippen MR) is 73.0 cm³/mol. The molecule has 0 unspecified atom stereocenters. The van der Waals surface area contributed by atoms with E-state index in [-0.39, 0.29) is 6.04 Å². The third-order valence-corrected chi connectivity index (χ3v) is 2.15. The fraction of sp³-hybridized carbons (Fsp3) is 0.846. The molecule has 0 aliphatic carbocycles. The van der Waals surface area contributed by atoms with E-state index in [0.717, 1.165) is 6.42 Å². The average molecular weight is 274 g/mol. The summed E-state index contributed by atoms with van der Waals surface area (Å²) in [5, 5.41) is 5.33. The molecule has 0 saturated carbocycles. The fourth-order valence-electron chi connectivity index (χ4n) is 1.52. The number of hydrogen-bond donors (Lipinski definition) is 2. The molecule has 112 valence electrons. The van der Waals surface area contributed by atoms with Crippen molar-refractivity contribution < 1.29 is 19.1 Å². The second-order valence-corrected chi connectivity index (χ2v) is 5.85. The summed E-state index contributed by atoms with van der Waals surface area (Å²) in [5.41, 5.74) is -0.539. The summed E-state index contributed by atoms with van der Waals surface area (Å²) in [4.78, 5) is 22.7. The number of amides is 2. The van der Waals surface area contributed by atoms with Crippen molar-refractivity contribution in [1.82, 2.24) is 10.6 Å². The Morgan fingerprint density at radius 1 is 1.16 bits per heavy atom. The van der Waals surface area contributed by atoms with Crippen LogP contribution in [-0.4, -0.2) is 37.5 Å². The van der Waals surface area contributed by atoms with E-state index in [9.17, 15) is 9.59 Å². The van der Waals surface area contributed by atoms with Gasteiger partial charge in [0, 0.05) is 12.6 Å². The molecule has 0 fully saturated rings. The van der Waals surface area contributed by atoms with E-state index in [1.807, 2.05) is 13.8 Å². The largest absolute Gasteiger partial charge is 0.453 e. The molecule has 0 radical (unpaired) electrons. The number of rotatable bonds is 5. The molecule has 0 rings (SSSR count). The van der Waals surface area contributed by atoms with E-state index in [2.05, 4.69) is 15.4 Å². The predicted octanol–water partition coefficient (Wildman–Crippen LogP) is 2.28. The molecule has 2 N–H and O–H groups in total. The molecule has 6 heteroatoms. The lowest BCUT2D eigenvalue weighted by Gasteiger charge is -2.24. The summed E-state index contributed by atoms with van der Waals surface area (Å²) in [6, 6.07) is -0.186. The molecular formula is C13H26N2O4. The first-order chi connectivity index (χ1) is 8.64. The Kier molecular flexibility index (Phi) is 7.26. The van der Waals surface area contributed by atoms with Crippen molar-refractivity contribution in [3.05, 3.63) is 0 Å². The second-order valence-electron chi connectivity index (χ2n) is 5.85. The average Bonchev–Trinajstić information content (AvgIpc) is 2.21. The summed E-state index contributed by atoms with van der Waals surface area (Å²) in [6.45, 7) is 9.80. The molecule has 0 aliphatic heterocycles. The Balaban J connectivity index is 4.34. The van der Waals surface area contributed by atoms with E-state index in [1.54, 1.807) is 20.8 Å². The maximum Gasteiger partial charge on any atom is 0.407 e. The van der Waals surface area contributed by atoms with Crippen LogP contribution in [0.2, 0.25) is 0 Å². The summed E-state index contributed by atoms with van der Waals surface area (Å²) < 4.78 is 9.69. The second kappa shape index (κ2) is 7.86. The minimum Gasteiger partial charge on any atom is -0.453 e. The van der Waals surface area contributed by atoms with Gasteiger partial charge < -0.3 is 20.1 Å². The SMILES string of the molecule is COC(=O)NC[C@H](CC(C)C)NC(=O)OC(C)(C)C. The topological polar surface area (TPSA) is 76.7 Å². The highest BCUT2D eigenvalue weighted by Gasteiger charge is 2.20. The lowest BCUT2D eigenvalue weighted by atomic mass is 10.0. The van der Waals surface area contributed by atoms with Crippen LogP contribution >= 0.6 is 0 Å². The first-order valence-electron chi connectivity index (χ1n) is 6.45. The van der Waals surface area contributed by atoms with Crippen LogP contribution in [0.4, 0.5) is 9.59 Å². The van der Waals surface area contributed by atoms with Gasteiger partial charge in [-0.25, -0.2) is 9.59 Å². The quantitative estimate of drug-likeness (QED) is 0.806. The number of carbonyl (C=O) groups excluding carboxylic acids is 2. The molecular weight excluding hydrogens is 248 g/mol. The van der Waals surface area contributed by atoms with Gasteiger partial charge >= 0.3 is 12.2 Å². The maximum absolute atomic E-state index is 11.7. The number of methoxy groups -OCH3 is 1. The Bertz CT molecular complexity index is 298.